The molecule has 0 unspecified atom stereocenters. The van der Waals surface area contributed by atoms with Gasteiger partial charge in [-0.1, -0.05) is 6.07 Å². The van der Waals surface area contributed by atoms with Gasteiger partial charge in [-0.2, -0.15) is 0 Å². The first kappa shape index (κ1) is 14.2. The van der Waals surface area contributed by atoms with Crippen LogP contribution in [-0.4, -0.2) is 24.9 Å². The predicted octanol–water partition coefficient (Wildman–Crippen LogP) is 2.69. The van der Waals surface area contributed by atoms with Gasteiger partial charge in [-0.3, -0.25) is 4.79 Å². The molecule has 104 valence electrons. The number of amides is 1. The van der Waals surface area contributed by atoms with E-state index in [0.29, 0.717) is 25.5 Å². The van der Waals surface area contributed by atoms with E-state index in [1.54, 1.807) is 0 Å². The van der Waals surface area contributed by atoms with E-state index in [9.17, 15) is 4.79 Å². The van der Waals surface area contributed by atoms with Crippen LogP contribution in [0.15, 0.2) is 18.2 Å². The molecule has 0 bridgehead atoms. The average molecular weight is 282 g/mol. The van der Waals surface area contributed by atoms with Crippen LogP contribution < -0.4 is 10.1 Å². The van der Waals surface area contributed by atoms with Gasteiger partial charge in [0.2, 0.25) is 5.91 Å². The number of fused-ring (bicyclic) bond motifs is 1. The predicted molar refractivity (Wildman–Crippen MR) is 76.9 cm³/mol. The standard InChI is InChI=1S/C15H20ClNO2/c16-8-2-5-15(18)17-9-10-19-14-7-6-12-3-1-4-13(12)11-14/h6-7,11H,1-5,8-10H2,(H,17,18). The topological polar surface area (TPSA) is 38.3 Å². The Kier molecular flexibility index (Phi) is 5.52. The third-order valence-corrected chi connectivity index (χ3v) is 3.57. The minimum absolute atomic E-state index is 0.0400. The van der Waals surface area contributed by atoms with E-state index in [0.717, 1.165) is 18.6 Å². The Labute approximate surface area is 119 Å². The highest BCUT2D eigenvalue weighted by molar-refractivity contribution is 6.17. The van der Waals surface area contributed by atoms with Gasteiger partial charge >= 0.3 is 0 Å². The molecule has 0 atom stereocenters. The number of halogens is 1. The summed E-state index contributed by atoms with van der Waals surface area (Å²) < 4.78 is 5.65. The summed E-state index contributed by atoms with van der Waals surface area (Å²) in [5.41, 5.74) is 2.85. The highest BCUT2D eigenvalue weighted by atomic mass is 35.5. The molecule has 19 heavy (non-hydrogen) atoms. The number of alkyl halides is 1. The maximum absolute atomic E-state index is 11.3. The summed E-state index contributed by atoms with van der Waals surface area (Å²) in [5.74, 6) is 1.47. The summed E-state index contributed by atoms with van der Waals surface area (Å²) >= 11 is 5.53. The molecule has 2 rings (SSSR count). The van der Waals surface area contributed by atoms with E-state index in [1.807, 2.05) is 6.07 Å². The lowest BCUT2D eigenvalue weighted by molar-refractivity contribution is -0.121. The van der Waals surface area contributed by atoms with Crippen molar-refractivity contribution in [1.82, 2.24) is 5.32 Å². The maximum Gasteiger partial charge on any atom is 0.220 e. The first-order valence-corrected chi connectivity index (χ1v) is 7.40. The molecule has 1 aromatic carbocycles. The van der Waals surface area contributed by atoms with Crippen molar-refractivity contribution in [1.29, 1.82) is 0 Å². The summed E-state index contributed by atoms with van der Waals surface area (Å²) in [6.45, 7) is 1.05. The quantitative estimate of drug-likeness (QED) is 0.616. The summed E-state index contributed by atoms with van der Waals surface area (Å²) in [6.07, 6.45) is 4.80. The zero-order valence-electron chi connectivity index (χ0n) is 11.1. The van der Waals surface area contributed by atoms with Crippen molar-refractivity contribution in [2.24, 2.45) is 0 Å². The summed E-state index contributed by atoms with van der Waals surface area (Å²) in [7, 11) is 0. The van der Waals surface area contributed by atoms with E-state index in [-0.39, 0.29) is 5.91 Å². The molecule has 0 spiro atoms. The van der Waals surface area contributed by atoms with E-state index in [1.165, 1.54) is 24.0 Å². The van der Waals surface area contributed by atoms with Crippen molar-refractivity contribution in [2.45, 2.75) is 32.1 Å². The highest BCUT2D eigenvalue weighted by Crippen LogP contribution is 2.25. The molecule has 0 aromatic heterocycles. The molecule has 0 aliphatic heterocycles. The maximum atomic E-state index is 11.3. The Balaban J connectivity index is 1.67. The lowest BCUT2D eigenvalue weighted by Crippen LogP contribution is -2.27. The van der Waals surface area contributed by atoms with Crippen LogP contribution in [0, 0.1) is 0 Å². The van der Waals surface area contributed by atoms with Gasteiger partial charge < -0.3 is 10.1 Å². The Morgan fingerprint density at radius 3 is 3.00 bits per heavy atom. The lowest BCUT2D eigenvalue weighted by Gasteiger charge is -2.09. The van der Waals surface area contributed by atoms with E-state index in [4.69, 9.17) is 16.3 Å². The third-order valence-electron chi connectivity index (χ3n) is 3.30. The van der Waals surface area contributed by atoms with Crippen molar-refractivity contribution < 1.29 is 9.53 Å². The minimum Gasteiger partial charge on any atom is -0.492 e. The number of aryl methyl sites for hydroxylation is 2. The molecule has 1 N–H and O–H groups in total. The lowest BCUT2D eigenvalue weighted by atomic mass is 10.1. The number of carbonyl (C=O) groups is 1. The molecule has 1 aliphatic rings. The van der Waals surface area contributed by atoms with Crippen LogP contribution >= 0.6 is 11.6 Å². The fourth-order valence-electron chi connectivity index (χ4n) is 2.31. The summed E-state index contributed by atoms with van der Waals surface area (Å²) in [4.78, 5) is 11.3. The van der Waals surface area contributed by atoms with Crippen LogP contribution in [0.1, 0.15) is 30.4 Å². The molecule has 0 saturated carbocycles. The fourth-order valence-corrected chi connectivity index (χ4v) is 2.45. The highest BCUT2D eigenvalue weighted by Gasteiger charge is 2.11. The van der Waals surface area contributed by atoms with Gasteiger partial charge in [0.15, 0.2) is 0 Å². The molecule has 3 nitrogen and oxygen atoms in total. The first-order chi connectivity index (χ1) is 9.29. The van der Waals surface area contributed by atoms with Crippen molar-refractivity contribution in [2.75, 3.05) is 19.0 Å². The SMILES string of the molecule is O=C(CCCCl)NCCOc1ccc2c(c1)CCC2. The Morgan fingerprint density at radius 2 is 2.16 bits per heavy atom. The minimum atomic E-state index is 0.0400. The number of hydrogen-bond donors (Lipinski definition) is 1. The number of hydrogen-bond acceptors (Lipinski definition) is 2. The molecular weight excluding hydrogens is 262 g/mol. The van der Waals surface area contributed by atoms with Gasteiger partial charge in [0.1, 0.15) is 12.4 Å². The monoisotopic (exact) mass is 281 g/mol. The number of nitrogens with one attached hydrogen (secondary N) is 1. The molecule has 4 heteroatoms. The number of rotatable bonds is 7. The second-order valence-electron chi connectivity index (χ2n) is 4.78. The van der Waals surface area contributed by atoms with Gasteiger partial charge in [0, 0.05) is 12.3 Å². The van der Waals surface area contributed by atoms with Crippen molar-refractivity contribution in [3.8, 4) is 5.75 Å². The number of carbonyl (C=O) groups excluding carboxylic acids is 1. The van der Waals surface area contributed by atoms with Crippen LogP contribution in [0.25, 0.3) is 0 Å². The second-order valence-corrected chi connectivity index (χ2v) is 5.15. The van der Waals surface area contributed by atoms with E-state index < -0.39 is 0 Å². The number of benzene rings is 1. The van der Waals surface area contributed by atoms with Crippen LogP contribution in [0.3, 0.4) is 0 Å². The molecule has 0 heterocycles. The van der Waals surface area contributed by atoms with E-state index >= 15 is 0 Å². The van der Waals surface area contributed by atoms with Crippen molar-refractivity contribution in [3.05, 3.63) is 29.3 Å². The second kappa shape index (κ2) is 7.39. The molecule has 1 amide bonds. The molecule has 1 aromatic rings. The first-order valence-electron chi connectivity index (χ1n) is 6.87. The van der Waals surface area contributed by atoms with Crippen LogP contribution in [0.2, 0.25) is 0 Å². The van der Waals surface area contributed by atoms with Gasteiger partial charge in [0.25, 0.3) is 0 Å². The van der Waals surface area contributed by atoms with Crippen molar-refractivity contribution >= 4 is 17.5 Å². The Hall–Kier alpha value is -1.22. The van der Waals surface area contributed by atoms with Gasteiger partial charge in [-0.05, 0) is 48.9 Å². The van der Waals surface area contributed by atoms with Gasteiger partial charge in [0.05, 0.1) is 6.54 Å². The molecule has 1 aliphatic carbocycles. The van der Waals surface area contributed by atoms with Crippen LogP contribution in [0.5, 0.6) is 5.75 Å². The van der Waals surface area contributed by atoms with Crippen LogP contribution in [-0.2, 0) is 17.6 Å². The van der Waals surface area contributed by atoms with Crippen LogP contribution in [0.4, 0.5) is 0 Å². The zero-order chi connectivity index (χ0) is 13.5. The molecule has 0 saturated heterocycles. The zero-order valence-corrected chi connectivity index (χ0v) is 11.8. The van der Waals surface area contributed by atoms with Crippen molar-refractivity contribution in [3.63, 3.8) is 0 Å². The van der Waals surface area contributed by atoms with E-state index in [2.05, 4.69) is 17.4 Å². The Morgan fingerprint density at radius 1 is 1.32 bits per heavy atom. The fraction of sp³-hybridized carbons (Fsp3) is 0.533. The molecule has 0 radical (unpaired) electrons. The normalized spacial score (nSPS) is 13.1. The average Bonchev–Trinajstić information content (AvgIpc) is 2.88. The molecule has 0 fully saturated rings. The Bertz CT molecular complexity index is 434. The summed E-state index contributed by atoms with van der Waals surface area (Å²) in [5, 5.41) is 2.82. The molecular formula is C15H20ClNO2. The largest absolute Gasteiger partial charge is 0.492 e. The third kappa shape index (κ3) is 4.43. The van der Waals surface area contributed by atoms with Gasteiger partial charge in [-0.25, -0.2) is 0 Å². The number of ether oxygens (including phenoxy) is 1. The summed E-state index contributed by atoms with van der Waals surface area (Å²) in [6, 6.07) is 6.29. The van der Waals surface area contributed by atoms with Gasteiger partial charge in [-0.15, -0.1) is 11.6 Å². The smallest absolute Gasteiger partial charge is 0.220 e.